The number of likely N-dealkylation sites (tertiary alicyclic amines) is 2. The number of unbranched alkanes of at least 4 members (excludes halogenated alkanes) is 2. The average molecular weight is 1630 g/mol. The van der Waals surface area contributed by atoms with Gasteiger partial charge in [-0.05, 0) is 152 Å². The molecule has 0 bridgehead atoms. The largest absolute Gasteiger partial charge is 0.490 e. The Kier molecular flexibility index (Phi) is 48.4. The molecule has 2 aliphatic rings. The minimum absolute atomic E-state index is 0.00724. The Morgan fingerprint density at radius 3 is 1.28 bits per heavy atom. The molecular weight excluding hydrogens is 1510 g/mol. The summed E-state index contributed by atoms with van der Waals surface area (Å²) in [4.78, 5) is 200. The van der Waals surface area contributed by atoms with Gasteiger partial charge < -0.3 is 114 Å². The molecule has 27 N–H and O–H groups in total. The summed E-state index contributed by atoms with van der Waals surface area (Å²) in [6.45, 7) is 7.45. The van der Waals surface area contributed by atoms with Gasteiger partial charge in [-0.1, -0.05) is 34.1 Å². The number of amides is 13. The van der Waals surface area contributed by atoms with Gasteiger partial charge in [0.05, 0.1) is 12.6 Å². The predicted octanol–water partition coefficient (Wildman–Crippen LogP) is -4.67. The predicted molar refractivity (Wildman–Crippen MR) is 414 cm³/mol. The van der Waals surface area contributed by atoms with Crippen molar-refractivity contribution in [2.24, 2.45) is 67.7 Å². The number of hydrogen-bond acceptors (Lipinski definition) is 23. The zero-order valence-corrected chi connectivity index (χ0v) is 66.2. The second-order valence-corrected chi connectivity index (χ2v) is 29.1. The number of rotatable bonds is 50. The molecule has 13 atom stereocenters. The second-order valence-electron chi connectivity index (χ2n) is 26.4. The van der Waals surface area contributed by atoms with Crippen molar-refractivity contribution in [3.8, 4) is 0 Å². The molecule has 0 spiro atoms. The minimum atomic E-state index is -5.08. The number of nitrogens with one attached hydrogen (secondary N) is 10. The van der Waals surface area contributed by atoms with E-state index in [1.54, 1.807) is 20.1 Å². The number of carbonyl (C=O) groups excluding carboxylic acids is 13. The lowest BCUT2D eigenvalue weighted by molar-refractivity contribution is -0.192. The molecule has 0 aromatic carbocycles. The molecule has 0 unspecified atom stereocenters. The van der Waals surface area contributed by atoms with Crippen LogP contribution < -0.4 is 99.0 Å². The van der Waals surface area contributed by atoms with E-state index in [-0.39, 0.29) is 120 Å². The Morgan fingerprint density at radius 2 is 0.881 bits per heavy atom. The molecule has 37 nitrogen and oxygen atoms in total. The van der Waals surface area contributed by atoms with Gasteiger partial charge in [-0.2, -0.15) is 62.0 Å². The molecule has 622 valence electrons. The van der Waals surface area contributed by atoms with E-state index in [0.29, 0.717) is 69.4 Å². The normalized spacial score (nSPS) is 17.0. The third-order valence-corrected chi connectivity index (χ3v) is 19.6. The smallest absolute Gasteiger partial charge is 0.475 e. The van der Waals surface area contributed by atoms with Crippen molar-refractivity contribution in [2.45, 2.75) is 216 Å². The number of thioether (sulfide) groups is 2. The molecule has 109 heavy (non-hydrogen) atoms. The van der Waals surface area contributed by atoms with Crippen LogP contribution >= 0.6 is 48.8 Å². The second kappa shape index (κ2) is 53.1. The summed E-state index contributed by atoms with van der Waals surface area (Å²) in [5.41, 5.74) is 45.5. The average Bonchev–Trinajstić information content (AvgIpc) is 1.73. The van der Waals surface area contributed by atoms with Crippen LogP contribution in [0.2, 0.25) is 0 Å². The summed E-state index contributed by atoms with van der Waals surface area (Å²) >= 11 is 11.3. The molecule has 2 heterocycles. The van der Waals surface area contributed by atoms with Crippen molar-refractivity contribution in [1.82, 2.24) is 63.0 Å². The van der Waals surface area contributed by atoms with E-state index < -0.39 is 174 Å². The number of aliphatic carboxylic acids is 1. The Hall–Kier alpha value is -7.81. The Bertz CT molecular complexity index is 3040. The number of primary amides is 1. The maximum absolute atomic E-state index is 14.7. The molecule has 2 fully saturated rings. The highest BCUT2D eigenvalue weighted by Crippen LogP contribution is 2.23. The number of hydrogen-bond donors (Lipinski definition) is 21. The van der Waals surface area contributed by atoms with E-state index in [1.165, 1.54) is 33.3 Å². The summed E-state index contributed by atoms with van der Waals surface area (Å²) in [7, 11) is 0. The van der Waals surface area contributed by atoms with Crippen molar-refractivity contribution in [3.63, 3.8) is 0 Å². The number of alkyl halides is 3. The van der Waals surface area contributed by atoms with Crippen LogP contribution in [-0.4, -0.2) is 270 Å². The lowest BCUT2D eigenvalue weighted by atomic mass is 9.98. The van der Waals surface area contributed by atoms with Crippen molar-refractivity contribution < 1.29 is 85.4 Å². The van der Waals surface area contributed by atoms with E-state index in [0.717, 1.165) is 0 Å². The maximum atomic E-state index is 14.7. The Labute approximate surface area is 653 Å². The van der Waals surface area contributed by atoms with E-state index in [4.69, 9.17) is 55.8 Å². The van der Waals surface area contributed by atoms with Crippen LogP contribution in [-0.2, 0) is 67.1 Å². The van der Waals surface area contributed by atoms with E-state index in [1.807, 2.05) is 20.1 Å². The number of aliphatic imine (C=N–C) groups is 2. The molecule has 13 amide bonds. The standard InChI is InChI=1S/C63H116N22O13S4.C2HF3O2/c1-7-36(4)48(66)61(98)85-29-15-21-46(85)58(95)78-40(19-13-27-73-63(70)71)54(91)82-44(34-100)56(93)76-39(18-12-26-72-62(68)69)52(89)75-37(16-8-10-24-64)53(90)80-42(23-31-102-6)60(97)84-28-14-20-45(84)57(94)74-32-47(86)83-49(35(2)3)59(96)79-38(17-9-11-25-65)51(88)77-41(22-30-101-5)55(92)81-43(33-99)50(67)87;3-2(4,5)1(6)7/h35-46,48-49,99-100H,7-34,64-66H2,1-6H3,(H2,67,87)(H,74,94)(H,75,89)(H,76,93)(H,77,88)(H,78,95)(H,79,96)(H,80,90)(H,81,92)(H,82,91)(H,83,86)(H4,68,69,72)(H4,70,71,73);(H,6,7)/t36-,37-,38-,39-,40-,41-,42-,43-,44-,45-,46-,48-,49-;/m0./s1. The number of halogens is 3. The van der Waals surface area contributed by atoms with Gasteiger partial charge in [0.2, 0.25) is 76.8 Å². The minimum Gasteiger partial charge on any atom is -0.475 e. The van der Waals surface area contributed by atoms with Crippen molar-refractivity contribution in [2.75, 3.05) is 81.3 Å². The quantitative estimate of drug-likeness (QED) is 0.0118. The van der Waals surface area contributed by atoms with Crippen LogP contribution in [0.25, 0.3) is 0 Å². The van der Waals surface area contributed by atoms with Crippen LogP contribution in [0, 0.1) is 11.8 Å². The van der Waals surface area contributed by atoms with Gasteiger partial charge in [0.15, 0.2) is 11.9 Å². The molecule has 0 aromatic rings. The number of carbonyl (C=O) groups is 14. The first-order valence-corrected chi connectivity index (χ1v) is 40.1. The van der Waals surface area contributed by atoms with E-state index >= 15 is 0 Å². The first-order chi connectivity index (χ1) is 51.4. The van der Waals surface area contributed by atoms with E-state index in [2.05, 4.69) is 88.4 Å². The van der Waals surface area contributed by atoms with Crippen LogP contribution in [0.5, 0.6) is 0 Å². The fourth-order valence-corrected chi connectivity index (χ4v) is 12.6. The number of guanidine groups is 2. The molecule has 2 aliphatic heterocycles. The van der Waals surface area contributed by atoms with Gasteiger partial charge in [0.1, 0.15) is 66.5 Å². The highest BCUT2D eigenvalue weighted by Gasteiger charge is 2.42. The summed E-state index contributed by atoms with van der Waals surface area (Å²) in [6, 6.07) is -14.1. The summed E-state index contributed by atoms with van der Waals surface area (Å²) < 4.78 is 31.7. The molecule has 0 saturated carbocycles. The van der Waals surface area contributed by atoms with Gasteiger partial charge in [0, 0.05) is 37.7 Å². The van der Waals surface area contributed by atoms with Crippen LogP contribution in [0.3, 0.4) is 0 Å². The number of carboxylic acid groups (broad SMARTS) is 1. The van der Waals surface area contributed by atoms with Gasteiger partial charge in [-0.25, -0.2) is 4.79 Å². The van der Waals surface area contributed by atoms with Gasteiger partial charge in [-0.15, -0.1) is 0 Å². The van der Waals surface area contributed by atoms with Gasteiger partial charge >= 0.3 is 12.1 Å². The first-order valence-electron chi connectivity index (χ1n) is 36.1. The highest BCUT2D eigenvalue weighted by atomic mass is 32.2. The molecule has 2 saturated heterocycles. The van der Waals surface area contributed by atoms with Gasteiger partial charge in [0.25, 0.3) is 0 Å². The third-order valence-electron chi connectivity index (χ3n) is 17.6. The third kappa shape index (κ3) is 37.2. The lowest BCUT2D eigenvalue weighted by Crippen LogP contribution is -2.60. The van der Waals surface area contributed by atoms with Crippen molar-refractivity contribution >= 4 is 143 Å². The molecule has 0 aliphatic carbocycles. The summed E-state index contributed by atoms with van der Waals surface area (Å²) in [5.74, 6) is -12.8. The number of thiol groups is 2. The SMILES string of the molecule is CC[C@H](C)[C@H](N)C(=O)N1CCC[C@H]1C(=O)N[C@@H](CCCN=C(N)N)C(=O)N[C@@H](CS)C(=O)N[C@@H](CCCN=C(N)N)C(=O)N[C@@H](CCCCN)C(=O)N[C@@H](CCSC)C(=O)N1CCC[C@H]1C(=O)NCC(=O)N[C@H](C(=O)N[C@@H](CCCCN)C(=O)N[C@@H](CCSC)C(=O)N[C@@H](CS)C(N)=O)C(C)C.O=C(O)C(F)(F)F. The topological polar surface area (TPSA) is 619 Å². The van der Waals surface area contributed by atoms with Crippen LogP contribution in [0.1, 0.15) is 137 Å². The number of nitrogens with zero attached hydrogens (tertiary/aromatic N) is 4. The number of nitrogens with two attached hydrogens (primary N) is 8. The number of carboxylic acids is 1. The van der Waals surface area contributed by atoms with Crippen molar-refractivity contribution in [1.29, 1.82) is 0 Å². The zero-order valence-electron chi connectivity index (χ0n) is 62.8. The van der Waals surface area contributed by atoms with Crippen LogP contribution in [0.4, 0.5) is 13.2 Å². The highest BCUT2D eigenvalue weighted by molar-refractivity contribution is 7.98. The molecule has 0 aromatic heterocycles. The Balaban J connectivity index is 0.00000805. The molecule has 44 heteroatoms. The fraction of sp³-hybridized carbons (Fsp3) is 0.754. The molecular formula is C65H117F3N22O15S4. The first kappa shape index (κ1) is 99.2. The monoisotopic (exact) mass is 1630 g/mol. The maximum Gasteiger partial charge on any atom is 0.490 e. The summed E-state index contributed by atoms with van der Waals surface area (Å²) in [6.07, 6.45) is 2.84. The van der Waals surface area contributed by atoms with Crippen LogP contribution in [0.15, 0.2) is 9.98 Å². The fourth-order valence-electron chi connectivity index (χ4n) is 11.2. The lowest BCUT2D eigenvalue weighted by Gasteiger charge is -2.30. The zero-order chi connectivity index (χ0) is 82.7. The molecule has 0 radical (unpaired) electrons. The Morgan fingerprint density at radius 1 is 0.514 bits per heavy atom. The summed E-state index contributed by atoms with van der Waals surface area (Å²) in [5, 5.41) is 33.8. The van der Waals surface area contributed by atoms with Crippen molar-refractivity contribution in [3.05, 3.63) is 0 Å². The van der Waals surface area contributed by atoms with Gasteiger partial charge in [-0.3, -0.25) is 72.3 Å². The molecule has 2 rings (SSSR count). The van der Waals surface area contributed by atoms with E-state index in [9.17, 15) is 75.5 Å².